The van der Waals surface area contributed by atoms with Crippen LogP contribution in [-0.4, -0.2) is 67.3 Å². The first kappa shape index (κ1) is 19.2. The van der Waals surface area contributed by atoms with Crippen LogP contribution in [0.1, 0.15) is 20.8 Å². The number of ether oxygens (including phenoxy) is 1. The van der Waals surface area contributed by atoms with Crippen molar-refractivity contribution in [3.8, 4) is 0 Å². The van der Waals surface area contributed by atoms with E-state index in [9.17, 15) is 14.4 Å². The summed E-state index contributed by atoms with van der Waals surface area (Å²) >= 11 is 0. The van der Waals surface area contributed by atoms with E-state index in [-0.39, 0.29) is 12.5 Å². The largest absolute Gasteiger partial charge is 0.481 e. The highest BCUT2D eigenvalue weighted by Crippen LogP contribution is 2.01. The Labute approximate surface area is 124 Å². The molecule has 8 heteroatoms. The van der Waals surface area contributed by atoms with Gasteiger partial charge in [0.25, 0.3) is 0 Å². The van der Waals surface area contributed by atoms with Crippen LogP contribution in [0, 0.1) is 5.92 Å². The molecule has 21 heavy (non-hydrogen) atoms. The van der Waals surface area contributed by atoms with E-state index < -0.39 is 24.0 Å². The molecule has 0 aliphatic rings. The van der Waals surface area contributed by atoms with Gasteiger partial charge in [-0.15, -0.1) is 0 Å². The minimum Gasteiger partial charge on any atom is -0.481 e. The van der Waals surface area contributed by atoms with Crippen molar-refractivity contribution in [3.63, 3.8) is 0 Å². The Morgan fingerprint density at radius 2 is 1.90 bits per heavy atom. The lowest BCUT2D eigenvalue weighted by molar-refractivity contribution is -0.141. The SMILES string of the molecule is CCN(CC(C)C(=O)O)C(=O)NC(C)C(=O)NCCOC. The van der Waals surface area contributed by atoms with E-state index >= 15 is 0 Å². The van der Waals surface area contributed by atoms with Gasteiger partial charge in [-0.25, -0.2) is 4.79 Å². The second-order valence-electron chi connectivity index (χ2n) is 4.73. The smallest absolute Gasteiger partial charge is 0.318 e. The molecule has 0 aromatic rings. The van der Waals surface area contributed by atoms with Crippen molar-refractivity contribution in [1.82, 2.24) is 15.5 Å². The topological polar surface area (TPSA) is 108 Å². The Morgan fingerprint density at radius 3 is 2.38 bits per heavy atom. The average Bonchev–Trinajstić information content (AvgIpc) is 2.43. The molecule has 0 aromatic heterocycles. The summed E-state index contributed by atoms with van der Waals surface area (Å²) in [5.41, 5.74) is 0. The number of methoxy groups -OCH3 is 1. The van der Waals surface area contributed by atoms with Crippen LogP contribution >= 0.6 is 0 Å². The van der Waals surface area contributed by atoms with Gasteiger partial charge in [-0.05, 0) is 13.8 Å². The predicted octanol–water partition coefficient (Wildman–Crippen LogP) is -0.110. The van der Waals surface area contributed by atoms with Crippen LogP contribution in [0.4, 0.5) is 4.79 Å². The molecule has 0 spiro atoms. The van der Waals surface area contributed by atoms with Crippen LogP contribution in [0.5, 0.6) is 0 Å². The molecule has 8 nitrogen and oxygen atoms in total. The lowest BCUT2D eigenvalue weighted by Gasteiger charge is -2.25. The second-order valence-corrected chi connectivity index (χ2v) is 4.73. The monoisotopic (exact) mass is 303 g/mol. The molecule has 0 aliphatic heterocycles. The van der Waals surface area contributed by atoms with Crippen molar-refractivity contribution in [2.24, 2.45) is 5.92 Å². The van der Waals surface area contributed by atoms with Gasteiger partial charge in [0.1, 0.15) is 6.04 Å². The summed E-state index contributed by atoms with van der Waals surface area (Å²) in [5, 5.41) is 14.0. The van der Waals surface area contributed by atoms with Gasteiger partial charge in [0.2, 0.25) is 5.91 Å². The molecular weight excluding hydrogens is 278 g/mol. The molecule has 0 saturated carbocycles. The summed E-state index contributed by atoms with van der Waals surface area (Å²) in [6.07, 6.45) is 0. The molecule has 122 valence electrons. The molecule has 0 fully saturated rings. The van der Waals surface area contributed by atoms with E-state index in [2.05, 4.69) is 10.6 Å². The van der Waals surface area contributed by atoms with Crippen molar-refractivity contribution < 1.29 is 24.2 Å². The Hall–Kier alpha value is -1.83. The first-order valence-electron chi connectivity index (χ1n) is 6.88. The highest BCUT2D eigenvalue weighted by Gasteiger charge is 2.22. The number of nitrogens with zero attached hydrogens (tertiary/aromatic N) is 1. The molecule has 0 rings (SSSR count). The van der Waals surface area contributed by atoms with Gasteiger partial charge in [0.15, 0.2) is 0 Å². The number of carbonyl (C=O) groups is 3. The predicted molar refractivity (Wildman–Crippen MR) is 76.9 cm³/mol. The molecule has 0 bridgehead atoms. The summed E-state index contributed by atoms with van der Waals surface area (Å²) in [7, 11) is 1.53. The van der Waals surface area contributed by atoms with E-state index in [1.807, 2.05) is 0 Å². The maximum Gasteiger partial charge on any atom is 0.318 e. The van der Waals surface area contributed by atoms with Gasteiger partial charge in [0, 0.05) is 26.7 Å². The van der Waals surface area contributed by atoms with Gasteiger partial charge < -0.3 is 25.4 Å². The Balaban J connectivity index is 4.35. The summed E-state index contributed by atoms with van der Waals surface area (Å²) < 4.78 is 4.81. The summed E-state index contributed by atoms with van der Waals surface area (Å²) in [5.74, 6) is -1.95. The van der Waals surface area contributed by atoms with Crippen molar-refractivity contribution in [2.45, 2.75) is 26.8 Å². The summed E-state index contributed by atoms with van der Waals surface area (Å²) in [6, 6.07) is -1.16. The third kappa shape index (κ3) is 7.50. The molecule has 3 N–H and O–H groups in total. The standard InChI is InChI=1S/C13H25N3O5/c1-5-16(8-9(2)12(18)19)13(20)15-10(3)11(17)14-6-7-21-4/h9-10H,5-8H2,1-4H3,(H,14,17)(H,15,20)(H,18,19). The Morgan fingerprint density at radius 1 is 1.29 bits per heavy atom. The van der Waals surface area contributed by atoms with Crippen LogP contribution in [0.15, 0.2) is 0 Å². The normalized spacial score (nSPS) is 13.1. The van der Waals surface area contributed by atoms with E-state index in [0.717, 1.165) is 0 Å². The minimum absolute atomic E-state index is 0.0929. The maximum atomic E-state index is 12.0. The molecular formula is C13H25N3O5. The number of nitrogens with one attached hydrogen (secondary N) is 2. The number of carboxylic acids is 1. The summed E-state index contributed by atoms with van der Waals surface area (Å²) in [4.78, 5) is 35.9. The maximum absolute atomic E-state index is 12.0. The number of hydrogen-bond acceptors (Lipinski definition) is 4. The fourth-order valence-electron chi connectivity index (χ4n) is 1.54. The number of hydrogen-bond donors (Lipinski definition) is 3. The van der Waals surface area contributed by atoms with Gasteiger partial charge >= 0.3 is 12.0 Å². The molecule has 0 aliphatic carbocycles. The van der Waals surface area contributed by atoms with Gasteiger partial charge in [-0.1, -0.05) is 6.92 Å². The van der Waals surface area contributed by atoms with Crippen molar-refractivity contribution in [1.29, 1.82) is 0 Å². The average molecular weight is 303 g/mol. The van der Waals surface area contributed by atoms with E-state index in [1.54, 1.807) is 13.8 Å². The van der Waals surface area contributed by atoms with E-state index in [1.165, 1.54) is 18.9 Å². The molecule has 2 atom stereocenters. The van der Waals surface area contributed by atoms with E-state index in [4.69, 9.17) is 9.84 Å². The molecule has 0 radical (unpaired) electrons. The highest BCUT2D eigenvalue weighted by atomic mass is 16.5. The number of aliphatic carboxylic acids is 1. The lowest BCUT2D eigenvalue weighted by atomic mass is 10.2. The third-order valence-corrected chi connectivity index (χ3v) is 2.92. The number of amides is 3. The number of carbonyl (C=O) groups excluding carboxylic acids is 2. The van der Waals surface area contributed by atoms with Crippen LogP contribution in [0.3, 0.4) is 0 Å². The fourth-order valence-corrected chi connectivity index (χ4v) is 1.54. The quantitative estimate of drug-likeness (QED) is 0.515. The summed E-state index contributed by atoms with van der Waals surface area (Å²) in [6.45, 7) is 6.05. The number of rotatable bonds is 9. The zero-order valence-electron chi connectivity index (χ0n) is 13.0. The zero-order valence-corrected chi connectivity index (χ0v) is 13.0. The van der Waals surface area contributed by atoms with Crippen molar-refractivity contribution in [2.75, 3.05) is 33.4 Å². The second kappa shape index (κ2) is 9.98. The van der Waals surface area contributed by atoms with Crippen LogP contribution < -0.4 is 10.6 Å². The highest BCUT2D eigenvalue weighted by molar-refractivity contribution is 5.86. The van der Waals surface area contributed by atoms with E-state index in [0.29, 0.717) is 19.7 Å². The molecule has 0 saturated heterocycles. The molecule has 0 heterocycles. The van der Waals surface area contributed by atoms with Crippen molar-refractivity contribution >= 4 is 17.9 Å². The Bertz CT molecular complexity index is 362. The molecule has 3 amide bonds. The lowest BCUT2D eigenvalue weighted by Crippen LogP contribution is -2.51. The molecule has 0 aromatic carbocycles. The minimum atomic E-state index is -0.966. The Kier molecular flexibility index (Phi) is 9.11. The van der Waals surface area contributed by atoms with Crippen LogP contribution in [0.2, 0.25) is 0 Å². The fraction of sp³-hybridized carbons (Fsp3) is 0.769. The zero-order chi connectivity index (χ0) is 16.4. The number of carboxylic acid groups (broad SMARTS) is 1. The molecule has 2 unspecified atom stereocenters. The van der Waals surface area contributed by atoms with Crippen LogP contribution in [0.25, 0.3) is 0 Å². The first-order valence-corrected chi connectivity index (χ1v) is 6.88. The third-order valence-electron chi connectivity index (χ3n) is 2.92. The first-order chi connectivity index (χ1) is 9.83. The van der Waals surface area contributed by atoms with Crippen LogP contribution in [-0.2, 0) is 14.3 Å². The van der Waals surface area contributed by atoms with Gasteiger partial charge in [-0.3, -0.25) is 9.59 Å². The number of urea groups is 1. The van der Waals surface area contributed by atoms with Gasteiger partial charge in [-0.2, -0.15) is 0 Å². The van der Waals surface area contributed by atoms with Gasteiger partial charge in [0.05, 0.1) is 12.5 Å². The van der Waals surface area contributed by atoms with Crippen molar-refractivity contribution in [3.05, 3.63) is 0 Å².